The molecule has 0 heterocycles. The number of carboxylic acid groups (broad SMARTS) is 1. The van der Waals surface area contributed by atoms with Crippen LogP contribution in [0.3, 0.4) is 0 Å². The van der Waals surface area contributed by atoms with Gasteiger partial charge >= 0.3 is 5.97 Å². The summed E-state index contributed by atoms with van der Waals surface area (Å²) in [6.45, 7) is 0. The zero-order valence-electron chi connectivity index (χ0n) is 14.8. The standard InChI is InChI=1S/C22H17Cl2NO3/c23-18-9-6-14(12-19(18)24)7-11-21(26)25-20-10-8-16(13-17(20)22(27)28)15-4-2-1-3-5-15/h1-6,8-10,12-13H,7,11H2,(H,25,26)(H,27,28). The van der Waals surface area contributed by atoms with E-state index in [0.717, 1.165) is 16.7 Å². The Morgan fingerprint density at radius 3 is 2.29 bits per heavy atom. The van der Waals surface area contributed by atoms with Crippen molar-refractivity contribution in [2.75, 3.05) is 5.32 Å². The molecule has 3 aromatic carbocycles. The minimum Gasteiger partial charge on any atom is -0.478 e. The molecule has 6 heteroatoms. The maximum atomic E-state index is 12.3. The van der Waals surface area contributed by atoms with Crippen molar-refractivity contribution < 1.29 is 14.7 Å². The molecule has 0 saturated carbocycles. The minimum absolute atomic E-state index is 0.0456. The van der Waals surface area contributed by atoms with Gasteiger partial charge in [0.2, 0.25) is 5.91 Å². The first-order valence-corrected chi connectivity index (χ1v) is 9.36. The number of carbonyl (C=O) groups excluding carboxylic acids is 1. The largest absolute Gasteiger partial charge is 0.478 e. The Hall–Kier alpha value is -2.82. The van der Waals surface area contributed by atoms with Crippen molar-refractivity contribution in [2.24, 2.45) is 0 Å². The van der Waals surface area contributed by atoms with Crippen molar-refractivity contribution in [3.05, 3.63) is 87.9 Å². The van der Waals surface area contributed by atoms with Crippen molar-refractivity contribution in [3.8, 4) is 11.1 Å². The van der Waals surface area contributed by atoms with Crippen LogP contribution in [-0.2, 0) is 11.2 Å². The summed E-state index contributed by atoms with van der Waals surface area (Å²) >= 11 is 11.9. The van der Waals surface area contributed by atoms with Crippen molar-refractivity contribution in [1.29, 1.82) is 0 Å². The van der Waals surface area contributed by atoms with E-state index in [2.05, 4.69) is 5.32 Å². The maximum absolute atomic E-state index is 12.3. The lowest BCUT2D eigenvalue weighted by molar-refractivity contribution is -0.116. The Bertz CT molecular complexity index is 1020. The molecule has 0 atom stereocenters. The van der Waals surface area contributed by atoms with Gasteiger partial charge in [-0.1, -0.05) is 65.7 Å². The molecule has 0 fully saturated rings. The number of benzene rings is 3. The van der Waals surface area contributed by atoms with Gasteiger partial charge in [-0.3, -0.25) is 4.79 Å². The number of aryl methyl sites for hydroxylation is 1. The Morgan fingerprint density at radius 1 is 0.857 bits per heavy atom. The van der Waals surface area contributed by atoms with E-state index in [1.807, 2.05) is 30.3 Å². The third kappa shape index (κ3) is 4.91. The van der Waals surface area contributed by atoms with Crippen LogP contribution < -0.4 is 5.32 Å². The van der Waals surface area contributed by atoms with Crippen LogP contribution in [0.15, 0.2) is 66.7 Å². The Kier molecular flexibility index (Phi) is 6.34. The summed E-state index contributed by atoms with van der Waals surface area (Å²) < 4.78 is 0. The van der Waals surface area contributed by atoms with Gasteiger partial charge in [-0.2, -0.15) is 0 Å². The van der Waals surface area contributed by atoms with Crippen LogP contribution >= 0.6 is 23.2 Å². The number of anilines is 1. The number of halogens is 2. The lowest BCUT2D eigenvalue weighted by Crippen LogP contribution is -2.15. The minimum atomic E-state index is -1.10. The first kappa shape index (κ1) is 19.9. The summed E-state index contributed by atoms with van der Waals surface area (Å²) in [6, 6.07) is 19.6. The molecule has 0 spiro atoms. The Labute approximate surface area is 172 Å². The smallest absolute Gasteiger partial charge is 0.337 e. The summed E-state index contributed by atoms with van der Waals surface area (Å²) in [6.07, 6.45) is 0.657. The van der Waals surface area contributed by atoms with Crippen LogP contribution in [0.4, 0.5) is 5.69 Å². The molecule has 4 nitrogen and oxygen atoms in total. The highest BCUT2D eigenvalue weighted by Crippen LogP contribution is 2.26. The van der Waals surface area contributed by atoms with Crippen molar-refractivity contribution in [3.63, 3.8) is 0 Å². The molecule has 0 aliphatic carbocycles. The highest BCUT2D eigenvalue weighted by atomic mass is 35.5. The fourth-order valence-electron chi connectivity index (χ4n) is 2.81. The van der Waals surface area contributed by atoms with Gasteiger partial charge in [-0.15, -0.1) is 0 Å². The van der Waals surface area contributed by atoms with E-state index in [0.29, 0.717) is 16.5 Å². The van der Waals surface area contributed by atoms with E-state index in [4.69, 9.17) is 23.2 Å². The average Bonchev–Trinajstić information content (AvgIpc) is 2.69. The first-order valence-electron chi connectivity index (χ1n) is 8.60. The monoisotopic (exact) mass is 413 g/mol. The zero-order valence-corrected chi connectivity index (χ0v) is 16.3. The quantitative estimate of drug-likeness (QED) is 0.526. The molecule has 0 aliphatic heterocycles. The van der Waals surface area contributed by atoms with Crippen LogP contribution in [0.5, 0.6) is 0 Å². The molecule has 0 aliphatic rings. The zero-order chi connectivity index (χ0) is 20.1. The highest BCUT2D eigenvalue weighted by molar-refractivity contribution is 6.42. The molecule has 28 heavy (non-hydrogen) atoms. The van der Waals surface area contributed by atoms with Crippen LogP contribution in [-0.4, -0.2) is 17.0 Å². The molecular weight excluding hydrogens is 397 g/mol. The normalized spacial score (nSPS) is 10.5. The number of carboxylic acids is 1. The summed E-state index contributed by atoms with van der Waals surface area (Å²) in [7, 11) is 0. The summed E-state index contributed by atoms with van der Waals surface area (Å²) in [5.41, 5.74) is 2.87. The highest BCUT2D eigenvalue weighted by Gasteiger charge is 2.14. The van der Waals surface area contributed by atoms with Gasteiger partial charge in [0, 0.05) is 6.42 Å². The molecule has 2 N–H and O–H groups in total. The lowest BCUT2D eigenvalue weighted by atomic mass is 10.0. The molecular formula is C22H17Cl2NO3. The van der Waals surface area contributed by atoms with E-state index < -0.39 is 5.97 Å². The predicted octanol–water partition coefficient (Wildman–Crippen LogP) is 5.93. The maximum Gasteiger partial charge on any atom is 0.337 e. The van der Waals surface area contributed by atoms with Gasteiger partial charge in [-0.05, 0) is 47.4 Å². The van der Waals surface area contributed by atoms with Crippen LogP contribution in [0.25, 0.3) is 11.1 Å². The van der Waals surface area contributed by atoms with Gasteiger partial charge in [0.1, 0.15) is 0 Å². The Morgan fingerprint density at radius 2 is 1.61 bits per heavy atom. The molecule has 3 rings (SSSR count). The van der Waals surface area contributed by atoms with E-state index in [9.17, 15) is 14.7 Å². The number of aromatic carboxylic acids is 1. The number of carbonyl (C=O) groups is 2. The molecule has 0 aromatic heterocycles. The van der Waals surface area contributed by atoms with Crippen LogP contribution in [0, 0.1) is 0 Å². The topological polar surface area (TPSA) is 66.4 Å². The number of rotatable bonds is 6. The summed E-state index contributed by atoms with van der Waals surface area (Å²) in [5, 5.41) is 13.1. The van der Waals surface area contributed by atoms with Crippen molar-refractivity contribution >= 4 is 40.8 Å². The van der Waals surface area contributed by atoms with E-state index in [1.165, 1.54) is 0 Å². The predicted molar refractivity (Wildman–Crippen MR) is 112 cm³/mol. The van der Waals surface area contributed by atoms with Gasteiger partial charge < -0.3 is 10.4 Å². The van der Waals surface area contributed by atoms with Gasteiger partial charge in [-0.25, -0.2) is 4.79 Å². The van der Waals surface area contributed by atoms with Crippen LogP contribution in [0.1, 0.15) is 22.3 Å². The molecule has 0 unspecified atom stereocenters. The second-order valence-electron chi connectivity index (χ2n) is 6.23. The van der Waals surface area contributed by atoms with E-state index >= 15 is 0 Å². The third-order valence-corrected chi connectivity index (χ3v) is 4.99. The molecule has 0 bridgehead atoms. The lowest BCUT2D eigenvalue weighted by Gasteiger charge is -2.11. The van der Waals surface area contributed by atoms with E-state index in [-0.39, 0.29) is 23.6 Å². The van der Waals surface area contributed by atoms with Gasteiger partial charge in [0.05, 0.1) is 21.3 Å². The van der Waals surface area contributed by atoms with Crippen molar-refractivity contribution in [1.82, 2.24) is 0 Å². The average molecular weight is 414 g/mol. The molecule has 142 valence electrons. The summed E-state index contributed by atoms with van der Waals surface area (Å²) in [4.78, 5) is 24.0. The Balaban J connectivity index is 1.72. The number of hydrogen-bond acceptors (Lipinski definition) is 2. The fraction of sp³-hybridized carbons (Fsp3) is 0.0909. The van der Waals surface area contributed by atoms with E-state index in [1.54, 1.807) is 36.4 Å². The summed E-state index contributed by atoms with van der Waals surface area (Å²) in [5.74, 6) is -1.38. The molecule has 0 saturated heterocycles. The number of nitrogens with one attached hydrogen (secondary N) is 1. The fourth-order valence-corrected chi connectivity index (χ4v) is 3.13. The SMILES string of the molecule is O=C(CCc1ccc(Cl)c(Cl)c1)Nc1ccc(-c2ccccc2)cc1C(=O)O. The number of hydrogen-bond donors (Lipinski definition) is 2. The second-order valence-corrected chi connectivity index (χ2v) is 7.04. The van der Waals surface area contributed by atoms with Gasteiger partial charge in [0.15, 0.2) is 0 Å². The van der Waals surface area contributed by atoms with Crippen LogP contribution in [0.2, 0.25) is 10.0 Å². The molecule has 1 amide bonds. The van der Waals surface area contributed by atoms with Crippen molar-refractivity contribution in [2.45, 2.75) is 12.8 Å². The third-order valence-electron chi connectivity index (χ3n) is 4.26. The first-order chi connectivity index (χ1) is 13.4. The molecule has 3 aromatic rings. The second kappa shape index (κ2) is 8.91. The number of amides is 1. The molecule has 0 radical (unpaired) electrons. The van der Waals surface area contributed by atoms with Gasteiger partial charge in [0.25, 0.3) is 0 Å².